The first kappa shape index (κ1) is 32.1. The summed E-state index contributed by atoms with van der Waals surface area (Å²) in [5.74, 6) is 2.62. The predicted octanol–water partition coefficient (Wildman–Crippen LogP) is 12.9. The van der Waals surface area contributed by atoms with E-state index >= 15 is 0 Å². The lowest BCUT2D eigenvalue weighted by atomic mass is 10.0. The van der Waals surface area contributed by atoms with Crippen molar-refractivity contribution in [2.45, 2.75) is 0 Å². The van der Waals surface area contributed by atoms with Crippen molar-refractivity contribution in [1.82, 2.24) is 24.9 Å². The molecule has 7 aromatic carbocycles. The molecule has 0 aliphatic rings. The Morgan fingerprint density at radius 2 is 0.875 bits per heavy atom. The zero-order valence-corrected chi connectivity index (χ0v) is 30.6. The molecule has 11 rings (SSSR count). The van der Waals surface area contributed by atoms with Gasteiger partial charge in [0.2, 0.25) is 0 Å². The number of nitrogens with zero attached hydrogens (tertiary/aromatic N) is 5. The molecule has 6 nitrogen and oxygen atoms in total. The van der Waals surface area contributed by atoms with Crippen molar-refractivity contribution < 1.29 is 4.42 Å². The van der Waals surface area contributed by atoms with E-state index in [1.54, 1.807) is 11.3 Å². The maximum absolute atomic E-state index is 6.37. The Labute approximate surface area is 325 Å². The first-order chi connectivity index (χ1) is 27.7. The summed E-state index contributed by atoms with van der Waals surface area (Å²) in [6.45, 7) is 0. The van der Waals surface area contributed by atoms with Crippen molar-refractivity contribution in [2.75, 3.05) is 0 Å². The standard InChI is InChI=1S/C49H29N5OS/c1-4-12-32(13-5-1)46-50-43(45-44(51-46)38-18-10-11-19-40(38)55-45)31-22-20-30(21-23-31)35-24-26-37-39-28-36(25-27-41(39)56-42(37)29-35)49-53-47(33-14-6-2-7-15-33)52-48(54-49)34-16-8-3-9-17-34/h1-29H. The van der Waals surface area contributed by atoms with Crippen LogP contribution in [-0.4, -0.2) is 24.9 Å². The van der Waals surface area contributed by atoms with Crippen LogP contribution in [0.25, 0.3) is 110 Å². The molecule has 56 heavy (non-hydrogen) atoms. The molecule has 262 valence electrons. The summed E-state index contributed by atoms with van der Waals surface area (Å²) >= 11 is 1.79. The lowest BCUT2D eigenvalue weighted by Crippen LogP contribution is -2.00. The van der Waals surface area contributed by atoms with Gasteiger partial charge in [0, 0.05) is 53.4 Å². The van der Waals surface area contributed by atoms with E-state index in [1.165, 1.54) is 20.2 Å². The van der Waals surface area contributed by atoms with E-state index in [1.807, 2.05) is 109 Å². The molecule has 0 unspecified atom stereocenters. The lowest BCUT2D eigenvalue weighted by molar-refractivity contribution is 0.667. The van der Waals surface area contributed by atoms with Crippen LogP contribution in [0, 0.1) is 0 Å². The Kier molecular flexibility index (Phi) is 7.57. The smallest absolute Gasteiger partial charge is 0.180 e. The number of hydrogen-bond acceptors (Lipinski definition) is 7. The summed E-state index contributed by atoms with van der Waals surface area (Å²) in [5.41, 5.74) is 10.1. The van der Waals surface area contributed by atoms with Crippen LogP contribution in [0.4, 0.5) is 0 Å². The van der Waals surface area contributed by atoms with Gasteiger partial charge in [-0.2, -0.15) is 0 Å². The number of aromatic nitrogens is 5. The van der Waals surface area contributed by atoms with Crippen molar-refractivity contribution in [3.05, 3.63) is 176 Å². The molecule has 0 fully saturated rings. The summed E-state index contributed by atoms with van der Waals surface area (Å²) in [6, 6.07) is 60.1. The average Bonchev–Trinajstić information content (AvgIpc) is 3.84. The molecule has 0 saturated carbocycles. The highest BCUT2D eigenvalue weighted by atomic mass is 32.1. The second kappa shape index (κ2) is 13.2. The van der Waals surface area contributed by atoms with E-state index in [-0.39, 0.29) is 0 Å². The lowest BCUT2D eigenvalue weighted by Gasteiger charge is -2.08. The van der Waals surface area contributed by atoms with Gasteiger partial charge in [-0.15, -0.1) is 11.3 Å². The second-order valence-electron chi connectivity index (χ2n) is 13.7. The van der Waals surface area contributed by atoms with Gasteiger partial charge in [-0.3, -0.25) is 0 Å². The van der Waals surface area contributed by atoms with Crippen LogP contribution < -0.4 is 0 Å². The number of rotatable bonds is 6. The maximum Gasteiger partial charge on any atom is 0.180 e. The van der Waals surface area contributed by atoms with E-state index < -0.39 is 0 Å². The van der Waals surface area contributed by atoms with E-state index in [0.717, 1.165) is 61.1 Å². The van der Waals surface area contributed by atoms with Crippen molar-refractivity contribution in [2.24, 2.45) is 0 Å². The number of fused-ring (bicyclic) bond motifs is 6. The zero-order valence-electron chi connectivity index (χ0n) is 29.8. The Hall–Kier alpha value is -7.35. The van der Waals surface area contributed by atoms with Crippen LogP contribution in [0.5, 0.6) is 0 Å². The minimum Gasteiger partial charge on any atom is -0.452 e. The molecule has 0 spiro atoms. The molecule has 0 atom stereocenters. The van der Waals surface area contributed by atoms with Gasteiger partial charge in [-0.1, -0.05) is 140 Å². The molecule has 0 N–H and O–H groups in total. The molecular formula is C49H29N5OS. The Balaban J connectivity index is 0.963. The molecule has 4 aromatic heterocycles. The fourth-order valence-corrected chi connectivity index (χ4v) is 8.48. The molecule has 0 radical (unpaired) electrons. The Bertz CT molecular complexity index is 3180. The van der Waals surface area contributed by atoms with Crippen LogP contribution >= 0.6 is 11.3 Å². The van der Waals surface area contributed by atoms with Crippen LogP contribution in [0.1, 0.15) is 0 Å². The highest BCUT2D eigenvalue weighted by Crippen LogP contribution is 2.40. The molecule has 7 heteroatoms. The summed E-state index contributed by atoms with van der Waals surface area (Å²) < 4.78 is 8.81. The largest absolute Gasteiger partial charge is 0.452 e. The van der Waals surface area contributed by atoms with Gasteiger partial charge in [0.25, 0.3) is 0 Å². The van der Waals surface area contributed by atoms with Gasteiger partial charge in [0.1, 0.15) is 16.8 Å². The highest BCUT2D eigenvalue weighted by Gasteiger charge is 2.19. The van der Waals surface area contributed by atoms with Crippen LogP contribution in [0.15, 0.2) is 180 Å². The summed E-state index contributed by atoms with van der Waals surface area (Å²) in [4.78, 5) is 24.8. The third kappa shape index (κ3) is 5.61. The van der Waals surface area contributed by atoms with Gasteiger partial charge in [-0.25, -0.2) is 24.9 Å². The topological polar surface area (TPSA) is 77.6 Å². The first-order valence-electron chi connectivity index (χ1n) is 18.4. The van der Waals surface area contributed by atoms with Gasteiger partial charge in [0.15, 0.2) is 28.9 Å². The SMILES string of the molecule is c1ccc(-c2nc(-c3ccccc3)nc(-c3ccc4sc5cc(-c6ccc(-c7nc(-c8ccccc8)nc8c7oc7ccccc78)cc6)ccc5c4c3)n2)cc1. The fraction of sp³-hybridized carbons (Fsp3) is 0. The summed E-state index contributed by atoms with van der Waals surface area (Å²) in [6.07, 6.45) is 0. The van der Waals surface area contributed by atoms with Gasteiger partial charge < -0.3 is 4.42 Å². The summed E-state index contributed by atoms with van der Waals surface area (Å²) in [7, 11) is 0. The molecule has 0 amide bonds. The average molecular weight is 736 g/mol. The molecule has 4 heterocycles. The quantitative estimate of drug-likeness (QED) is 0.169. The van der Waals surface area contributed by atoms with Crippen molar-refractivity contribution >= 4 is 53.6 Å². The number of para-hydroxylation sites is 1. The molecule has 0 aliphatic carbocycles. The number of furan rings is 1. The summed E-state index contributed by atoms with van der Waals surface area (Å²) in [5, 5.41) is 3.36. The Morgan fingerprint density at radius 1 is 0.339 bits per heavy atom. The molecular weight excluding hydrogens is 707 g/mol. The van der Waals surface area contributed by atoms with Crippen molar-refractivity contribution in [1.29, 1.82) is 0 Å². The monoisotopic (exact) mass is 735 g/mol. The van der Waals surface area contributed by atoms with E-state index in [0.29, 0.717) is 28.9 Å². The first-order valence-corrected chi connectivity index (χ1v) is 19.2. The highest BCUT2D eigenvalue weighted by molar-refractivity contribution is 7.25. The minimum atomic E-state index is 0.648. The van der Waals surface area contributed by atoms with Gasteiger partial charge in [-0.05, 0) is 47.5 Å². The molecule has 0 bridgehead atoms. The number of benzene rings is 7. The third-order valence-corrected chi connectivity index (χ3v) is 11.3. The molecule has 0 saturated heterocycles. The third-order valence-electron chi connectivity index (χ3n) is 10.2. The van der Waals surface area contributed by atoms with Crippen LogP contribution in [-0.2, 0) is 0 Å². The van der Waals surface area contributed by atoms with E-state index in [9.17, 15) is 0 Å². The molecule has 0 aliphatic heterocycles. The van der Waals surface area contributed by atoms with Gasteiger partial charge in [0.05, 0.1) is 0 Å². The second-order valence-corrected chi connectivity index (χ2v) is 14.8. The molecule has 11 aromatic rings. The van der Waals surface area contributed by atoms with E-state index in [4.69, 9.17) is 29.3 Å². The predicted molar refractivity (Wildman–Crippen MR) is 228 cm³/mol. The number of hydrogen-bond donors (Lipinski definition) is 0. The Morgan fingerprint density at radius 3 is 1.54 bits per heavy atom. The minimum absolute atomic E-state index is 0.648. The number of thiophene rings is 1. The zero-order chi connectivity index (χ0) is 37.0. The normalized spacial score (nSPS) is 11.6. The van der Waals surface area contributed by atoms with Crippen LogP contribution in [0.3, 0.4) is 0 Å². The van der Waals surface area contributed by atoms with Crippen molar-refractivity contribution in [3.8, 4) is 67.9 Å². The van der Waals surface area contributed by atoms with Crippen molar-refractivity contribution in [3.63, 3.8) is 0 Å². The fourth-order valence-electron chi connectivity index (χ4n) is 7.36. The van der Waals surface area contributed by atoms with E-state index in [2.05, 4.69) is 66.7 Å². The van der Waals surface area contributed by atoms with Crippen LogP contribution in [0.2, 0.25) is 0 Å². The van der Waals surface area contributed by atoms with Gasteiger partial charge >= 0.3 is 0 Å². The maximum atomic E-state index is 6.37.